The van der Waals surface area contributed by atoms with Crippen LogP contribution in [0.15, 0.2) is 62.9 Å². The zero-order chi connectivity index (χ0) is 14.8. The molecule has 1 aromatic heterocycles. The Morgan fingerprint density at radius 3 is 2.81 bits per heavy atom. The van der Waals surface area contributed by atoms with Gasteiger partial charge in [0.15, 0.2) is 0 Å². The molecule has 2 aromatic carbocycles. The zero-order valence-corrected chi connectivity index (χ0v) is 13.7. The molecule has 0 atom stereocenters. The minimum absolute atomic E-state index is 0.663. The van der Waals surface area contributed by atoms with Gasteiger partial charge < -0.3 is 10.5 Å². The van der Waals surface area contributed by atoms with Crippen LogP contribution >= 0.6 is 27.7 Å². The third-order valence-corrected chi connectivity index (χ3v) is 4.80. The van der Waals surface area contributed by atoms with Crippen molar-refractivity contribution in [3.05, 3.63) is 53.1 Å². The highest BCUT2D eigenvalue weighted by Gasteiger charge is 2.11. The molecule has 0 spiro atoms. The largest absolute Gasteiger partial charge is 0.496 e. The number of pyridine rings is 1. The molecule has 106 valence electrons. The molecule has 5 heteroatoms. The van der Waals surface area contributed by atoms with Crippen LogP contribution in [0.1, 0.15) is 0 Å². The molecule has 0 aliphatic carbocycles. The van der Waals surface area contributed by atoms with Crippen LogP contribution in [0, 0.1) is 0 Å². The number of benzene rings is 2. The first-order chi connectivity index (χ1) is 10.2. The third-order valence-electron chi connectivity index (χ3n) is 3.09. The lowest BCUT2D eigenvalue weighted by atomic mass is 10.2. The molecule has 3 nitrogen and oxygen atoms in total. The summed E-state index contributed by atoms with van der Waals surface area (Å²) in [7, 11) is 1.67. The number of nitrogens with zero attached hydrogens (tertiary/aromatic N) is 1. The Kier molecular flexibility index (Phi) is 4.03. The first kappa shape index (κ1) is 14.2. The second-order valence-electron chi connectivity index (χ2n) is 4.46. The maximum atomic E-state index is 6.14. The number of methoxy groups -OCH3 is 1. The van der Waals surface area contributed by atoms with E-state index in [2.05, 4.69) is 20.9 Å². The topological polar surface area (TPSA) is 48.1 Å². The number of para-hydroxylation sites is 1. The van der Waals surface area contributed by atoms with Gasteiger partial charge in [-0.05, 0) is 30.3 Å². The standard InChI is InChI=1S/C16H13BrN2OS/c1-20-14-4-2-3-5-15(14)21-16-11-8-10(17)6-7-13(11)19-9-12(16)18/h2-9H,18H2,1H3. The van der Waals surface area contributed by atoms with Crippen LogP contribution in [0.2, 0.25) is 0 Å². The minimum atomic E-state index is 0.663. The fraction of sp³-hybridized carbons (Fsp3) is 0.0625. The summed E-state index contributed by atoms with van der Waals surface area (Å²) in [6.45, 7) is 0. The van der Waals surface area contributed by atoms with E-state index in [4.69, 9.17) is 10.5 Å². The number of halogens is 1. The van der Waals surface area contributed by atoms with Gasteiger partial charge in [0.05, 0.1) is 29.4 Å². The Morgan fingerprint density at radius 2 is 2.00 bits per heavy atom. The van der Waals surface area contributed by atoms with Gasteiger partial charge in [-0.1, -0.05) is 39.8 Å². The fourth-order valence-electron chi connectivity index (χ4n) is 2.08. The summed E-state index contributed by atoms with van der Waals surface area (Å²) < 4.78 is 6.41. The van der Waals surface area contributed by atoms with Gasteiger partial charge in [0.1, 0.15) is 5.75 Å². The van der Waals surface area contributed by atoms with Crippen molar-refractivity contribution in [1.29, 1.82) is 0 Å². The Hall–Kier alpha value is -1.72. The van der Waals surface area contributed by atoms with Crippen LogP contribution < -0.4 is 10.5 Å². The number of nitrogen functional groups attached to an aromatic ring is 1. The van der Waals surface area contributed by atoms with E-state index in [0.717, 1.165) is 30.9 Å². The number of hydrogen-bond acceptors (Lipinski definition) is 4. The summed E-state index contributed by atoms with van der Waals surface area (Å²) in [6.07, 6.45) is 1.70. The summed E-state index contributed by atoms with van der Waals surface area (Å²) >= 11 is 5.09. The quantitative estimate of drug-likeness (QED) is 0.732. The molecule has 0 amide bonds. The number of hydrogen-bond donors (Lipinski definition) is 1. The molecular formula is C16H13BrN2OS. The lowest BCUT2D eigenvalue weighted by Gasteiger charge is -2.12. The molecule has 3 rings (SSSR count). The molecule has 0 saturated carbocycles. The van der Waals surface area contributed by atoms with Crippen molar-refractivity contribution < 1.29 is 4.74 Å². The highest BCUT2D eigenvalue weighted by atomic mass is 79.9. The van der Waals surface area contributed by atoms with E-state index in [0.29, 0.717) is 5.69 Å². The Morgan fingerprint density at radius 1 is 1.19 bits per heavy atom. The number of rotatable bonds is 3. The third kappa shape index (κ3) is 2.84. The van der Waals surface area contributed by atoms with E-state index in [-0.39, 0.29) is 0 Å². The lowest BCUT2D eigenvalue weighted by molar-refractivity contribution is 0.405. The summed E-state index contributed by atoms with van der Waals surface area (Å²) in [5.74, 6) is 0.835. The van der Waals surface area contributed by atoms with E-state index in [1.165, 1.54) is 0 Å². The van der Waals surface area contributed by atoms with E-state index in [9.17, 15) is 0 Å². The first-order valence-electron chi connectivity index (χ1n) is 6.33. The van der Waals surface area contributed by atoms with Crippen molar-refractivity contribution in [3.8, 4) is 5.75 Å². The van der Waals surface area contributed by atoms with Crippen molar-refractivity contribution >= 4 is 44.3 Å². The summed E-state index contributed by atoms with van der Waals surface area (Å²) in [5.41, 5.74) is 7.72. The summed E-state index contributed by atoms with van der Waals surface area (Å²) in [6, 6.07) is 13.9. The molecule has 1 heterocycles. The van der Waals surface area contributed by atoms with Gasteiger partial charge >= 0.3 is 0 Å². The van der Waals surface area contributed by atoms with E-state index in [1.807, 2.05) is 42.5 Å². The van der Waals surface area contributed by atoms with Crippen LogP contribution in [-0.2, 0) is 0 Å². The molecule has 0 fully saturated rings. The average molecular weight is 361 g/mol. The second kappa shape index (κ2) is 5.95. The first-order valence-corrected chi connectivity index (χ1v) is 7.94. The predicted octanol–water partition coefficient (Wildman–Crippen LogP) is 4.74. The number of anilines is 1. The van der Waals surface area contributed by atoms with Crippen molar-refractivity contribution in [2.24, 2.45) is 0 Å². The summed E-state index contributed by atoms with van der Waals surface area (Å²) in [4.78, 5) is 6.39. The molecule has 0 aliphatic rings. The van der Waals surface area contributed by atoms with Gasteiger partial charge in [0.25, 0.3) is 0 Å². The number of ether oxygens (including phenoxy) is 1. The smallest absolute Gasteiger partial charge is 0.132 e. The molecule has 2 N–H and O–H groups in total. The van der Waals surface area contributed by atoms with Crippen molar-refractivity contribution in [1.82, 2.24) is 4.98 Å². The van der Waals surface area contributed by atoms with Gasteiger partial charge in [-0.2, -0.15) is 0 Å². The maximum Gasteiger partial charge on any atom is 0.132 e. The molecule has 21 heavy (non-hydrogen) atoms. The highest BCUT2D eigenvalue weighted by Crippen LogP contribution is 2.41. The molecular weight excluding hydrogens is 348 g/mol. The molecule has 3 aromatic rings. The van der Waals surface area contributed by atoms with Crippen LogP contribution in [0.3, 0.4) is 0 Å². The molecule has 0 saturated heterocycles. The van der Waals surface area contributed by atoms with Crippen LogP contribution in [0.25, 0.3) is 10.9 Å². The fourth-order valence-corrected chi connectivity index (χ4v) is 3.51. The van der Waals surface area contributed by atoms with Crippen LogP contribution in [-0.4, -0.2) is 12.1 Å². The SMILES string of the molecule is COc1ccccc1Sc1c(N)cnc2ccc(Br)cc12. The second-order valence-corrected chi connectivity index (χ2v) is 6.42. The van der Waals surface area contributed by atoms with E-state index in [1.54, 1.807) is 25.1 Å². The molecule has 0 unspecified atom stereocenters. The Bertz CT molecular complexity index is 802. The van der Waals surface area contributed by atoms with Crippen molar-refractivity contribution in [2.75, 3.05) is 12.8 Å². The predicted molar refractivity (Wildman–Crippen MR) is 91.0 cm³/mol. The molecule has 0 bridgehead atoms. The molecule has 0 radical (unpaired) electrons. The van der Waals surface area contributed by atoms with Gasteiger partial charge in [0.2, 0.25) is 0 Å². The average Bonchev–Trinajstić information content (AvgIpc) is 2.50. The zero-order valence-electron chi connectivity index (χ0n) is 11.3. The Labute approximate surface area is 135 Å². The number of nitrogens with two attached hydrogens (primary N) is 1. The van der Waals surface area contributed by atoms with E-state index < -0.39 is 0 Å². The van der Waals surface area contributed by atoms with Crippen molar-refractivity contribution in [3.63, 3.8) is 0 Å². The van der Waals surface area contributed by atoms with Gasteiger partial charge in [-0.25, -0.2) is 0 Å². The monoisotopic (exact) mass is 360 g/mol. The highest BCUT2D eigenvalue weighted by molar-refractivity contribution is 9.10. The number of fused-ring (bicyclic) bond motifs is 1. The molecule has 0 aliphatic heterocycles. The van der Waals surface area contributed by atoms with Gasteiger partial charge in [0, 0.05) is 14.8 Å². The lowest BCUT2D eigenvalue weighted by Crippen LogP contribution is -1.93. The van der Waals surface area contributed by atoms with Gasteiger partial charge in [-0.3, -0.25) is 4.98 Å². The van der Waals surface area contributed by atoms with Crippen LogP contribution in [0.4, 0.5) is 5.69 Å². The Balaban J connectivity index is 2.15. The van der Waals surface area contributed by atoms with Crippen LogP contribution in [0.5, 0.6) is 5.75 Å². The summed E-state index contributed by atoms with van der Waals surface area (Å²) in [5, 5.41) is 1.03. The van der Waals surface area contributed by atoms with Crippen molar-refractivity contribution in [2.45, 2.75) is 9.79 Å². The maximum absolute atomic E-state index is 6.14. The van der Waals surface area contributed by atoms with Gasteiger partial charge in [-0.15, -0.1) is 0 Å². The van der Waals surface area contributed by atoms with E-state index >= 15 is 0 Å². The number of aromatic nitrogens is 1. The normalized spacial score (nSPS) is 10.8. The minimum Gasteiger partial charge on any atom is -0.496 e.